The van der Waals surface area contributed by atoms with Crippen LogP contribution in [0.1, 0.15) is 11.1 Å². The van der Waals surface area contributed by atoms with E-state index < -0.39 is 0 Å². The maximum absolute atomic E-state index is 12.2. The molecule has 5 rings (SSSR count). The summed E-state index contributed by atoms with van der Waals surface area (Å²) in [7, 11) is 3.55. The fraction of sp³-hybridized carbons (Fsp3) is 0.167. The summed E-state index contributed by atoms with van der Waals surface area (Å²) >= 11 is 0. The Morgan fingerprint density at radius 2 is 1.66 bits per heavy atom. The smallest absolute Gasteiger partial charge is 0.328 e. The Morgan fingerprint density at radius 1 is 0.875 bits per heavy atom. The van der Waals surface area contributed by atoms with E-state index in [1.165, 1.54) is 0 Å². The molecule has 0 saturated carbocycles. The first-order chi connectivity index (χ1) is 15.5. The number of hydrogen-bond acceptors (Lipinski definition) is 4. The molecule has 0 bridgehead atoms. The number of fused-ring (bicyclic) bond motifs is 2. The number of nitrogens with zero attached hydrogens (tertiary/aromatic N) is 2. The van der Waals surface area contributed by atoms with Crippen LogP contribution in [0.4, 0.5) is 5.69 Å². The highest BCUT2D eigenvalue weighted by atomic mass is 16.5. The van der Waals surface area contributed by atoms with Crippen molar-refractivity contribution in [2.45, 2.75) is 13.2 Å². The maximum atomic E-state index is 12.2. The van der Waals surface area contributed by atoms with Gasteiger partial charge in [0.1, 0.15) is 12.4 Å². The molecule has 3 aromatic carbocycles. The Bertz CT molecular complexity index is 1550. The number of rotatable bonds is 6. The number of H-pyrrole nitrogens is 2. The van der Waals surface area contributed by atoms with Gasteiger partial charge in [0.25, 0.3) is 0 Å². The second-order valence-electron chi connectivity index (χ2n) is 7.81. The highest BCUT2D eigenvalue weighted by Crippen LogP contribution is 2.23. The molecular weight excluding hydrogens is 406 g/mol. The zero-order valence-electron chi connectivity index (χ0n) is 17.8. The first kappa shape index (κ1) is 19.7. The van der Waals surface area contributed by atoms with Crippen LogP contribution in [0.5, 0.6) is 5.75 Å². The number of imidazole rings is 2. The molecule has 2 heterocycles. The Hall–Kier alpha value is -4.20. The summed E-state index contributed by atoms with van der Waals surface area (Å²) in [6, 6.07) is 19.5. The molecule has 0 aliphatic carbocycles. The highest BCUT2D eigenvalue weighted by molar-refractivity contribution is 5.79. The average Bonchev–Trinajstić information content (AvgIpc) is 3.28. The zero-order chi connectivity index (χ0) is 22.2. The van der Waals surface area contributed by atoms with E-state index in [-0.39, 0.29) is 11.4 Å². The van der Waals surface area contributed by atoms with E-state index in [4.69, 9.17) is 4.74 Å². The minimum absolute atomic E-state index is 0.0450. The van der Waals surface area contributed by atoms with Crippen LogP contribution in [0.2, 0.25) is 0 Å². The summed E-state index contributed by atoms with van der Waals surface area (Å²) in [5.41, 5.74) is 5.96. The third-order valence-electron chi connectivity index (χ3n) is 5.70. The van der Waals surface area contributed by atoms with Crippen molar-refractivity contribution < 1.29 is 4.74 Å². The topological polar surface area (TPSA) is 96.8 Å². The van der Waals surface area contributed by atoms with Crippen LogP contribution in [-0.4, -0.2) is 19.1 Å². The van der Waals surface area contributed by atoms with Crippen molar-refractivity contribution >= 4 is 27.8 Å². The lowest BCUT2D eigenvalue weighted by Gasteiger charge is -2.13. The number of hydrogen-bond donors (Lipinski definition) is 3. The summed E-state index contributed by atoms with van der Waals surface area (Å²) in [6.45, 7) is 0.967. The van der Waals surface area contributed by atoms with E-state index in [9.17, 15) is 9.59 Å². The lowest BCUT2D eigenvalue weighted by molar-refractivity contribution is 0.303. The predicted octanol–water partition coefficient (Wildman–Crippen LogP) is 3.24. The molecule has 0 amide bonds. The van der Waals surface area contributed by atoms with Gasteiger partial charge in [-0.3, -0.25) is 9.13 Å². The van der Waals surface area contributed by atoms with Gasteiger partial charge in [-0.1, -0.05) is 24.3 Å². The lowest BCUT2D eigenvalue weighted by atomic mass is 10.2. The van der Waals surface area contributed by atoms with Crippen LogP contribution in [-0.2, 0) is 27.2 Å². The van der Waals surface area contributed by atoms with Crippen LogP contribution in [0.15, 0.2) is 70.3 Å². The number of aromatic nitrogens is 4. The normalized spacial score (nSPS) is 11.3. The molecule has 32 heavy (non-hydrogen) atoms. The van der Waals surface area contributed by atoms with Crippen LogP contribution in [0.25, 0.3) is 22.1 Å². The molecule has 0 aliphatic heterocycles. The lowest BCUT2D eigenvalue weighted by Crippen LogP contribution is -2.19. The molecule has 0 fully saturated rings. The Balaban J connectivity index is 1.32. The summed E-state index contributed by atoms with van der Waals surface area (Å²) in [4.78, 5) is 29.1. The van der Waals surface area contributed by atoms with Crippen molar-refractivity contribution in [3.63, 3.8) is 0 Å². The molecule has 2 aromatic heterocycles. The van der Waals surface area contributed by atoms with E-state index >= 15 is 0 Å². The van der Waals surface area contributed by atoms with Crippen LogP contribution < -0.4 is 21.4 Å². The first-order valence-corrected chi connectivity index (χ1v) is 10.3. The third kappa shape index (κ3) is 3.56. The van der Waals surface area contributed by atoms with Gasteiger partial charge in [-0.2, -0.15) is 0 Å². The van der Waals surface area contributed by atoms with Crippen LogP contribution >= 0.6 is 0 Å². The number of nitrogens with one attached hydrogen (secondary N) is 3. The SMILES string of the molecule is Cn1c(=O)n(C)c2cc(COc3ccccc3CNc3ccc4[nH]c(=O)[nH]c4c3)ccc21. The standard InChI is InChI=1S/C24H23N5O3/c1-28-20-10-7-15(11-21(20)29(2)24(28)31)14-32-22-6-4-3-5-16(22)13-25-17-8-9-18-19(12-17)27-23(30)26-18/h3-12,25H,13-14H2,1-2H3,(H2,26,27,30). The van der Waals surface area contributed by atoms with Gasteiger partial charge < -0.3 is 20.0 Å². The summed E-state index contributed by atoms with van der Waals surface area (Å²) in [5, 5.41) is 3.38. The van der Waals surface area contributed by atoms with Crippen LogP contribution in [0.3, 0.4) is 0 Å². The van der Waals surface area contributed by atoms with Gasteiger partial charge in [0.05, 0.1) is 22.1 Å². The van der Waals surface area contributed by atoms with Crippen LogP contribution in [0, 0.1) is 0 Å². The molecule has 0 unspecified atom stereocenters. The van der Waals surface area contributed by atoms with Gasteiger partial charge in [0, 0.05) is 31.9 Å². The largest absolute Gasteiger partial charge is 0.489 e. The number of anilines is 1. The minimum atomic E-state index is -0.218. The van der Waals surface area contributed by atoms with Crippen molar-refractivity contribution in [3.8, 4) is 5.75 Å². The number of ether oxygens (including phenoxy) is 1. The quantitative estimate of drug-likeness (QED) is 0.386. The van der Waals surface area contributed by atoms with E-state index in [2.05, 4.69) is 15.3 Å². The highest BCUT2D eigenvalue weighted by Gasteiger charge is 2.09. The second-order valence-corrected chi connectivity index (χ2v) is 7.81. The van der Waals surface area contributed by atoms with Gasteiger partial charge >= 0.3 is 11.4 Å². The molecule has 8 nitrogen and oxygen atoms in total. The molecule has 0 atom stereocenters. The zero-order valence-corrected chi connectivity index (χ0v) is 17.8. The van der Waals surface area contributed by atoms with E-state index in [0.29, 0.717) is 13.2 Å². The van der Waals surface area contributed by atoms with E-state index in [1.54, 1.807) is 23.2 Å². The Morgan fingerprint density at radius 3 is 2.53 bits per heavy atom. The predicted molar refractivity (Wildman–Crippen MR) is 125 cm³/mol. The van der Waals surface area contributed by atoms with Crippen molar-refractivity contribution in [2.24, 2.45) is 14.1 Å². The van der Waals surface area contributed by atoms with E-state index in [1.807, 2.05) is 60.7 Å². The fourth-order valence-electron chi connectivity index (χ4n) is 3.93. The molecular formula is C24H23N5O3. The molecule has 0 aliphatic rings. The molecule has 162 valence electrons. The molecule has 5 aromatic rings. The minimum Gasteiger partial charge on any atom is -0.489 e. The summed E-state index contributed by atoms with van der Waals surface area (Å²) < 4.78 is 9.41. The molecule has 3 N–H and O–H groups in total. The van der Waals surface area contributed by atoms with Gasteiger partial charge in [-0.05, 0) is 42.0 Å². The second kappa shape index (κ2) is 7.81. The van der Waals surface area contributed by atoms with Gasteiger partial charge in [0.2, 0.25) is 0 Å². The Kier molecular flexibility index (Phi) is 4.82. The fourth-order valence-corrected chi connectivity index (χ4v) is 3.93. The summed E-state index contributed by atoms with van der Waals surface area (Å²) in [6.07, 6.45) is 0. The van der Waals surface area contributed by atoms with E-state index in [0.717, 1.165) is 44.6 Å². The van der Waals surface area contributed by atoms with Crippen molar-refractivity contribution in [1.29, 1.82) is 0 Å². The average molecular weight is 429 g/mol. The van der Waals surface area contributed by atoms with Gasteiger partial charge in [0.15, 0.2) is 0 Å². The molecule has 0 saturated heterocycles. The van der Waals surface area contributed by atoms with Gasteiger partial charge in [-0.15, -0.1) is 0 Å². The van der Waals surface area contributed by atoms with Gasteiger partial charge in [-0.25, -0.2) is 9.59 Å². The molecule has 8 heteroatoms. The van der Waals surface area contributed by atoms with Crippen molar-refractivity contribution in [3.05, 3.63) is 92.8 Å². The molecule has 0 spiro atoms. The number of para-hydroxylation sites is 1. The first-order valence-electron chi connectivity index (χ1n) is 10.3. The Labute approximate surface area is 183 Å². The third-order valence-corrected chi connectivity index (χ3v) is 5.70. The maximum Gasteiger partial charge on any atom is 0.328 e. The van der Waals surface area contributed by atoms with Crippen molar-refractivity contribution in [1.82, 2.24) is 19.1 Å². The van der Waals surface area contributed by atoms with Crippen molar-refractivity contribution in [2.75, 3.05) is 5.32 Å². The molecule has 0 radical (unpaired) electrons. The number of aromatic amines is 2. The monoisotopic (exact) mass is 429 g/mol. The number of benzene rings is 3. The number of aryl methyl sites for hydroxylation is 2. The summed E-state index contributed by atoms with van der Waals surface area (Å²) in [5.74, 6) is 0.790.